The number of ether oxygens (including phenoxy) is 2. The van der Waals surface area contributed by atoms with Crippen LogP contribution >= 0.6 is 11.6 Å². The second kappa shape index (κ2) is 4.08. The molecule has 1 aliphatic rings. The lowest BCUT2D eigenvalue weighted by Crippen LogP contribution is -2.15. The fraction of sp³-hybridized carbons (Fsp3) is 0.308. The third-order valence-electron chi connectivity index (χ3n) is 2.84. The molecule has 1 aromatic carbocycles. The molecule has 0 bridgehead atoms. The van der Waals surface area contributed by atoms with Crippen molar-refractivity contribution in [1.29, 1.82) is 0 Å². The van der Waals surface area contributed by atoms with Gasteiger partial charge in [0.1, 0.15) is 13.2 Å². The average molecular weight is 250 g/mol. The molecule has 3 nitrogen and oxygen atoms in total. The SMILES string of the molecule is CCc1cc(Cl)c2cc3c(cc2n1)OCCO3. The Labute approximate surface area is 104 Å². The van der Waals surface area contributed by atoms with Gasteiger partial charge in [0, 0.05) is 17.1 Å². The third kappa shape index (κ3) is 1.80. The molecular formula is C13H12ClNO2. The Balaban J connectivity index is 2.26. The highest BCUT2D eigenvalue weighted by Gasteiger charge is 2.14. The van der Waals surface area contributed by atoms with Crippen molar-refractivity contribution < 1.29 is 9.47 Å². The molecule has 17 heavy (non-hydrogen) atoms. The molecule has 0 radical (unpaired) electrons. The molecule has 0 aliphatic carbocycles. The number of halogens is 1. The topological polar surface area (TPSA) is 31.4 Å². The predicted octanol–water partition coefficient (Wildman–Crippen LogP) is 3.22. The summed E-state index contributed by atoms with van der Waals surface area (Å²) in [6, 6.07) is 5.70. The minimum Gasteiger partial charge on any atom is -0.486 e. The van der Waals surface area contributed by atoms with Crippen LogP contribution in [0.3, 0.4) is 0 Å². The fourth-order valence-electron chi connectivity index (χ4n) is 1.95. The number of benzene rings is 1. The summed E-state index contributed by atoms with van der Waals surface area (Å²) < 4.78 is 11.1. The lowest BCUT2D eigenvalue weighted by Gasteiger charge is -2.19. The maximum Gasteiger partial charge on any atom is 0.163 e. The Morgan fingerprint density at radius 1 is 1.18 bits per heavy atom. The van der Waals surface area contributed by atoms with Gasteiger partial charge in [-0.1, -0.05) is 18.5 Å². The Hall–Kier alpha value is -1.48. The van der Waals surface area contributed by atoms with E-state index in [1.165, 1.54) is 0 Å². The second-order valence-corrected chi connectivity index (χ2v) is 4.37. The molecule has 2 heterocycles. The molecule has 0 spiro atoms. The van der Waals surface area contributed by atoms with Gasteiger partial charge in [-0.3, -0.25) is 4.98 Å². The Bertz CT molecular complexity index is 583. The van der Waals surface area contributed by atoms with Crippen molar-refractivity contribution in [3.63, 3.8) is 0 Å². The van der Waals surface area contributed by atoms with Crippen LogP contribution in [0.15, 0.2) is 18.2 Å². The van der Waals surface area contributed by atoms with Gasteiger partial charge in [0.15, 0.2) is 11.5 Å². The van der Waals surface area contributed by atoms with E-state index in [2.05, 4.69) is 11.9 Å². The number of pyridine rings is 1. The monoisotopic (exact) mass is 249 g/mol. The van der Waals surface area contributed by atoms with Crippen LogP contribution in [0.4, 0.5) is 0 Å². The number of aromatic nitrogens is 1. The summed E-state index contributed by atoms with van der Waals surface area (Å²) in [7, 11) is 0. The van der Waals surface area contributed by atoms with Crippen molar-refractivity contribution in [3.8, 4) is 11.5 Å². The molecule has 0 atom stereocenters. The van der Waals surface area contributed by atoms with Crippen molar-refractivity contribution in [1.82, 2.24) is 4.98 Å². The molecule has 4 heteroatoms. The number of hydrogen-bond donors (Lipinski definition) is 0. The van der Waals surface area contributed by atoms with Crippen LogP contribution in [0.2, 0.25) is 5.02 Å². The molecule has 3 rings (SSSR count). The standard InChI is InChI=1S/C13H12ClNO2/c1-2-8-5-10(14)9-6-12-13(7-11(9)15-8)17-4-3-16-12/h5-7H,2-4H2,1H3. The van der Waals surface area contributed by atoms with Gasteiger partial charge in [-0.25, -0.2) is 0 Å². The highest BCUT2D eigenvalue weighted by molar-refractivity contribution is 6.35. The zero-order chi connectivity index (χ0) is 11.8. The molecule has 2 aromatic rings. The van der Waals surface area contributed by atoms with Crippen LogP contribution in [0.5, 0.6) is 11.5 Å². The molecule has 0 saturated carbocycles. The first-order chi connectivity index (χ1) is 8.28. The average Bonchev–Trinajstić information content (AvgIpc) is 2.36. The van der Waals surface area contributed by atoms with Crippen LogP contribution < -0.4 is 9.47 Å². The van der Waals surface area contributed by atoms with E-state index in [-0.39, 0.29) is 0 Å². The zero-order valence-electron chi connectivity index (χ0n) is 9.50. The molecule has 0 N–H and O–H groups in total. The summed E-state index contributed by atoms with van der Waals surface area (Å²) in [6.07, 6.45) is 0.865. The molecule has 0 unspecified atom stereocenters. The minimum absolute atomic E-state index is 0.580. The van der Waals surface area contributed by atoms with Crippen LogP contribution in [0.1, 0.15) is 12.6 Å². The Morgan fingerprint density at radius 2 is 1.88 bits per heavy atom. The first-order valence-corrected chi connectivity index (χ1v) is 6.04. The largest absolute Gasteiger partial charge is 0.486 e. The zero-order valence-corrected chi connectivity index (χ0v) is 10.3. The first-order valence-electron chi connectivity index (χ1n) is 5.66. The van der Waals surface area contributed by atoms with Gasteiger partial charge in [-0.15, -0.1) is 0 Å². The summed E-state index contributed by atoms with van der Waals surface area (Å²) in [4.78, 5) is 4.54. The van der Waals surface area contributed by atoms with Gasteiger partial charge >= 0.3 is 0 Å². The van der Waals surface area contributed by atoms with E-state index in [9.17, 15) is 0 Å². The van der Waals surface area contributed by atoms with Crippen LogP contribution in [0, 0.1) is 0 Å². The van der Waals surface area contributed by atoms with Crippen LogP contribution in [-0.4, -0.2) is 18.2 Å². The number of aryl methyl sites for hydroxylation is 1. The van der Waals surface area contributed by atoms with E-state index < -0.39 is 0 Å². The molecule has 1 aromatic heterocycles. The van der Waals surface area contributed by atoms with E-state index in [0.29, 0.717) is 18.2 Å². The van der Waals surface area contributed by atoms with Crippen molar-refractivity contribution in [2.24, 2.45) is 0 Å². The van der Waals surface area contributed by atoms with Crippen LogP contribution in [0.25, 0.3) is 10.9 Å². The van der Waals surface area contributed by atoms with E-state index in [0.717, 1.165) is 34.5 Å². The number of rotatable bonds is 1. The Kier molecular flexibility index (Phi) is 2.56. The van der Waals surface area contributed by atoms with Gasteiger partial charge in [0.05, 0.1) is 10.5 Å². The fourth-order valence-corrected chi connectivity index (χ4v) is 2.23. The Morgan fingerprint density at radius 3 is 2.59 bits per heavy atom. The number of hydrogen-bond acceptors (Lipinski definition) is 3. The van der Waals surface area contributed by atoms with Gasteiger partial charge < -0.3 is 9.47 Å². The summed E-state index contributed by atoms with van der Waals surface area (Å²) in [5.74, 6) is 1.50. The van der Waals surface area contributed by atoms with E-state index in [1.807, 2.05) is 18.2 Å². The van der Waals surface area contributed by atoms with E-state index in [1.54, 1.807) is 0 Å². The number of fused-ring (bicyclic) bond motifs is 2. The third-order valence-corrected chi connectivity index (χ3v) is 3.15. The summed E-state index contributed by atoms with van der Waals surface area (Å²) in [5.41, 5.74) is 1.85. The summed E-state index contributed by atoms with van der Waals surface area (Å²) in [6.45, 7) is 3.22. The van der Waals surface area contributed by atoms with Gasteiger partial charge in [0.2, 0.25) is 0 Å². The first kappa shape index (κ1) is 10.7. The molecule has 88 valence electrons. The lowest BCUT2D eigenvalue weighted by molar-refractivity contribution is 0.172. The van der Waals surface area contributed by atoms with Crippen molar-refractivity contribution >= 4 is 22.5 Å². The van der Waals surface area contributed by atoms with Crippen LogP contribution in [-0.2, 0) is 6.42 Å². The molecular weight excluding hydrogens is 238 g/mol. The lowest BCUT2D eigenvalue weighted by atomic mass is 10.1. The van der Waals surface area contributed by atoms with Crippen molar-refractivity contribution in [3.05, 3.63) is 28.9 Å². The summed E-state index contributed by atoms with van der Waals surface area (Å²) in [5, 5.41) is 1.62. The van der Waals surface area contributed by atoms with Gasteiger partial charge in [-0.05, 0) is 18.6 Å². The van der Waals surface area contributed by atoms with Crippen molar-refractivity contribution in [2.45, 2.75) is 13.3 Å². The molecule has 0 fully saturated rings. The second-order valence-electron chi connectivity index (χ2n) is 3.96. The summed E-state index contributed by atoms with van der Waals surface area (Å²) >= 11 is 6.25. The molecule has 0 amide bonds. The quantitative estimate of drug-likeness (QED) is 0.778. The highest BCUT2D eigenvalue weighted by atomic mass is 35.5. The molecule has 1 aliphatic heterocycles. The van der Waals surface area contributed by atoms with Crippen molar-refractivity contribution in [2.75, 3.05) is 13.2 Å². The maximum atomic E-state index is 6.25. The van der Waals surface area contributed by atoms with E-state index >= 15 is 0 Å². The predicted molar refractivity (Wildman–Crippen MR) is 67.1 cm³/mol. The smallest absolute Gasteiger partial charge is 0.163 e. The molecule has 0 saturated heterocycles. The minimum atomic E-state index is 0.580. The van der Waals surface area contributed by atoms with Gasteiger partial charge in [-0.2, -0.15) is 0 Å². The maximum absolute atomic E-state index is 6.25. The number of nitrogens with zero attached hydrogens (tertiary/aromatic N) is 1. The highest BCUT2D eigenvalue weighted by Crippen LogP contribution is 2.36. The van der Waals surface area contributed by atoms with Gasteiger partial charge in [0.25, 0.3) is 0 Å². The normalized spacial score (nSPS) is 14.0. The van der Waals surface area contributed by atoms with E-state index in [4.69, 9.17) is 21.1 Å².